The highest BCUT2D eigenvalue weighted by atomic mass is 32.2. The Kier molecular flexibility index (Phi) is 4.76. The largest absolute Gasteiger partial charge is 0.360 e. The van der Waals surface area contributed by atoms with Crippen LogP contribution in [0, 0.1) is 0 Å². The maximum atomic E-state index is 12.0. The molecule has 2 aromatic rings. The lowest BCUT2D eigenvalue weighted by Crippen LogP contribution is -2.22. The third kappa shape index (κ3) is 3.69. The van der Waals surface area contributed by atoms with E-state index in [1.165, 1.54) is 18.4 Å². The molecule has 7 heteroatoms. The molecule has 0 aliphatic rings. The molecule has 0 aliphatic carbocycles. The minimum atomic E-state index is -3.38. The molecule has 21 heavy (non-hydrogen) atoms. The van der Waals surface area contributed by atoms with Crippen LogP contribution in [0.3, 0.4) is 0 Å². The van der Waals surface area contributed by atoms with Gasteiger partial charge < -0.3 is 9.84 Å². The molecule has 1 N–H and O–H groups in total. The summed E-state index contributed by atoms with van der Waals surface area (Å²) < 4.78 is 30.2. The zero-order valence-corrected chi connectivity index (χ0v) is 13.1. The van der Waals surface area contributed by atoms with E-state index >= 15 is 0 Å². The second kappa shape index (κ2) is 6.38. The van der Waals surface area contributed by atoms with Crippen LogP contribution < -0.4 is 5.32 Å². The van der Waals surface area contributed by atoms with E-state index in [1.807, 2.05) is 19.1 Å². The monoisotopic (exact) mass is 309 g/mol. The average molecular weight is 309 g/mol. The lowest BCUT2D eigenvalue weighted by Gasteiger charge is -2.15. The average Bonchev–Trinajstić information content (AvgIpc) is 2.98. The highest BCUT2D eigenvalue weighted by molar-refractivity contribution is 7.89. The van der Waals surface area contributed by atoms with E-state index < -0.39 is 10.0 Å². The van der Waals surface area contributed by atoms with Crippen LogP contribution in [0.4, 0.5) is 0 Å². The lowest BCUT2D eigenvalue weighted by atomic mass is 10.1. The van der Waals surface area contributed by atoms with E-state index in [1.54, 1.807) is 24.4 Å². The molecule has 0 saturated carbocycles. The van der Waals surface area contributed by atoms with Gasteiger partial charge in [-0.25, -0.2) is 12.7 Å². The van der Waals surface area contributed by atoms with Crippen molar-refractivity contribution in [1.29, 1.82) is 0 Å². The standard InChI is InChI=1S/C14H19N3O3S/c1-11(15-10-13-8-9-16-20-13)12-4-6-14(7-5-12)21(18,19)17(2)3/h4-9,11,15H,10H2,1-3H3. The first-order valence-corrected chi connectivity index (χ1v) is 8.00. The van der Waals surface area contributed by atoms with Crippen LogP contribution in [0.25, 0.3) is 0 Å². The van der Waals surface area contributed by atoms with Gasteiger partial charge in [0.05, 0.1) is 17.6 Å². The van der Waals surface area contributed by atoms with E-state index in [-0.39, 0.29) is 6.04 Å². The summed E-state index contributed by atoms with van der Waals surface area (Å²) in [7, 11) is -0.340. The Labute approximate surface area is 124 Å². The molecule has 0 bridgehead atoms. The fourth-order valence-corrected chi connectivity index (χ4v) is 2.75. The Morgan fingerprint density at radius 3 is 2.43 bits per heavy atom. The van der Waals surface area contributed by atoms with Crippen molar-refractivity contribution < 1.29 is 12.9 Å². The van der Waals surface area contributed by atoms with E-state index in [4.69, 9.17) is 4.52 Å². The Hall–Kier alpha value is -1.70. The summed E-state index contributed by atoms with van der Waals surface area (Å²) in [4.78, 5) is 0.290. The minimum Gasteiger partial charge on any atom is -0.360 e. The fourth-order valence-electron chi connectivity index (χ4n) is 1.84. The van der Waals surface area contributed by atoms with Crippen LogP contribution in [0.2, 0.25) is 0 Å². The summed E-state index contributed by atoms with van der Waals surface area (Å²) in [5.41, 5.74) is 1.01. The molecule has 0 saturated heterocycles. The molecule has 1 aromatic heterocycles. The van der Waals surface area contributed by atoms with Gasteiger partial charge in [-0.05, 0) is 24.6 Å². The van der Waals surface area contributed by atoms with Crippen molar-refractivity contribution in [3.05, 3.63) is 47.9 Å². The molecule has 114 valence electrons. The SMILES string of the molecule is CC(NCc1ccno1)c1ccc(S(=O)(=O)N(C)C)cc1. The van der Waals surface area contributed by atoms with Crippen molar-refractivity contribution in [2.45, 2.75) is 24.4 Å². The van der Waals surface area contributed by atoms with Crippen LogP contribution in [0.15, 0.2) is 45.9 Å². The van der Waals surface area contributed by atoms with Gasteiger partial charge in [0, 0.05) is 26.2 Å². The van der Waals surface area contributed by atoms with Crippen molar-refractivity contribution in [3.63, 3.8) is 0 Å². The van der Waals surface area contributed by atoms with Gasteiger partial charge in [0.15, 0.2) is 0 Å². The second-order valence-electron chi connectivity index (χ2n) is 4.94. The molecule has 1 unspecified atom stereocenters. The van der Waals surface area contributed by atoms with Gasteiger partial charge in [-0.3, -0.25) is 0 Å². The topological polar surface area (TPSA) is 75.4 Å². The van der Waals surface area contributed by atoms with E-state index in [0.29, 0.717) is 11.4 Å². The molecule has 1 heterocycles. The Balaban J connectivity index is 2.05. The maximum Gasteiger partial charge on any atom is 0.242 e. The number of aromatic nitrogens is 1. The van der Waals surface area contributed by atoms with Gasteiger partial charge in [-0.15, -0.1) is 0 Å². The first kappa shape index (κ1) is 15.7. The summed E-state index contributed by atoms with van der Waals surface area (Å²) in [6, 6.07) is 8.75. The molecular formula is C14H19N3O3S. The van der Waals surface area contributed by atoms with E-state index in [2.05, 4.69) is 10.5 Å². The Morgan fingerprint density at radius 1 is 1.24 bits per heavy atom. The highest BCUT2D eigenvalue weighted by Crippen LogP contribution is 2.18. The van der Waals surface area contributed by atoms with E-state index in [0.717, 1.165) is 11.3 Å². The normalized spacial score (nSPS) is 13.5. The minimum absolute atomic E-state index is 0.0752. The number of nitrogens with zero attached hydrogens (tertiary/aromatic N) is 2. The zero-order valence-electron chi connectivity index (χ0n) is 12.3. The number of sulfonamides is 1. The number of hydrogen-bond acceptors (Lipinski definition) is 5. The number of benzene rings is 1. The molecule has 6 nitrogen and oxygen atoms in total. The van der Waals surface area contributed by atoms with Crippen LogP contribution in [-0.4, -0.2) is 32.0 Å². The van der Waals surface area contributed by atoms with Gasteiger partial charge in [0.25, 0.3) is 0 Å². The summed E-state index contributed by atoms with van der Waals surface area (Å²) in [6.07, 6.45) is 1.60. The first-order chi connectivity index (χ1) is 9.91. The van der Waals surface area contributed by atoms with Crippen LogP contribution in [0.5, 0.6) is 0 Å². The van der Waals surface area contributed by atoms with Crippen molar-refractivity contribution in [2.24, 2.45) is 0 Å². The summed E-state index contributed by atoms with van der Waals surface area (Å²) in [6.45, 7) is 2.57. The quantitative estimate of drug-likeness (QED) is 0.880. The van der Waals surface area contributed by atoms with Gasteiger partial charge in [-0.2, -0.15) is 0 Å². The molecule has 1 aromatic carbocycles. The van der Waals surface area contributed by atoms with Gasteiger partial charge in [0.1, 0.15) is 5.76 Å². The van der Waals surface area contributed by atoms with Gasteiger partial charge in [0.2, 0.25) is 10.0 Å². The summed E-state index contributed by atoms with van der Waals surface area (Å²) in [5.74, 6) is 0.758. The molecular weight excluding hydrogens is 290 g/mol. The van der Waals surface area contributed by atoms with Crippen LogP contribution in [0.1, 0.15) is 24.3 Å². The smallest absolute Gasteiger partial charge is 0.242 e. The third-order valence-electron chi connectivity index (χ3n) is 3.23. The zero-order chi connectivity index (χ0) is 15.5. The highest BCUT2D eigenvalue weighted by Gasteiger charge is 2.17. The predicted octanol–water partition coefficient (Wildman–Crippen LogP) is 1.78. The number of hydrogen-bond donors (Lipinski definition) is 1. The summed E-state index contributed by atoms with van der Waals surface area (Å²) in [5, 5.41) is 6.93. The maximum absolute atomic E-state index is 12.0. The third-order valence-corrected chi connectivity index (χ3v) is 5.06. The first-order valence-electron chi connectivity index (χ1n) is 6.56. The van der Waals surface area contributed by atoms with Crippen LogP contribution in [-0.2, 0) is 16.6 Å². The van der Waals surface area contributed by atoms with Crippen molar-refractivity contribution in [3.8, 4) is 0 Å². The van der Waals surface area contributed by atoms with Crippen molar-refractivity contribution in [1.82, 2.24) is 14.8 Å². The molecule has 1 atom stereocenters. The number of rotatable bonds is 6. The lowest BCUT2D eigenvalue weighted by molar-refractivity contribution is 0.366. The Bertz CT molecular complexity index is 664. The molecule has 0 radical (unpaired) electrons. The molecule has 0 aliphatic heterocycles. The molecule has 0 amide bonds. The van der Waals surface area contributed by atoms with Crippen molar-refractivity contribution in [2.75, 3.05) is 14.1 Å². The summed E-state index contributed by atoms with van der Waals surface area (Å²) >= 11 is 0. The fraction of sp³-hybridized carbons (Fsp3) is 0.357. The number of nitrogens with one attached hydrogen (secondary N) is 1. The van der Waals surface area contributed by atoms with Gasteiger partial charge in [-0.1, -0.05) is 17.3 Å². The second-order valence-corrected chi connectivity index (χ2v) is 7.09. The van der Waals surface area contributed by atoms with Crippen LogP contribution >= 0.6 is 0 Å². The van der Waals surface area contributed by atoms with Crippen molar-refractivity contribution >= 4 is 10.0 Å². The molecule has 0 fully saturated rings. The van der Waals surface area contributed by atoms with E-state index in [9.17, 15) is 8.42 Å². The van der Waals surface area contributed by atoms with Gasteiger partial charge >= 0.3 is 0 Å². The molecule has 0 spiro atoms. The molecule has 2 rings (SSSR count). The predicted molar refractivity (Wildman–Crippen MR) is 79.1 cm³/mol. The Morgan fingerprint density at radius 2 is 1.90 bits per heavy atom.